The van der Waals surface area contributed by atoms with Gasteiger partial charge in [0.1, 0.15) is 11.5 Å². The fourth-order valence-electron chi connectivity index (χ4n) is 3.06. The van der Waals surface area contributed by atoms with Gasteiger partial charge in [0, 0.05) is 11.3 Å². The summed E-state index contributed by atoms with van der Waals surface area (Å²) in [6, 6.07) is 22.3. The number of para-hydroxylation sites is 1. The molecule has 0 spiro atoms. The molecule has 162 valence electrons. The average Bonchev–Trinajstić information content (AvgIpc) is 3.30. The maximum absolute atomic E-state index is 12.3. The Morgan fingerprint density at radius 2 is 1.72 bits per heavy atom. The number of aryl methyl sites for hydroxylation is 1. The first kappa shape index (κ1) is 21.1. The lowest BCUT2D eigenvalue weighted by Gasteiger charge is -2.10. The molecule has 0 saturated heterocycles. The van der Waals surface area contributed by atoms with Gasteiger partial charge < -0.3 is 19.3 Å². The number of aromatic nitrogens is 2. The third kappa shape index (κ3) is 5.13. The monoisotopic (exact) mass is 429 g/mol. The minimum atomic E-state index is -0.283. The summed E-state index contributed by atoms with van der Waals surface area (Å²) in [6.45, 7) is 4.36. The Labute approximate surface area is 186 Å². The number of nitrogens with zero attached hydrogens (tertiary/aromatic N) is 2. The van der Waals surface area contributed by atoms with E-state index < -0.39 is 0 Å². The van der Waals surface area contributed by atoms with Crippen molar-refractivity contribution in [1.82, 2.24) is 10.1 Å². The number of hydrogen-bond donors (Lipinski definition) is 1. The highest BCUT2D eigenvalue weighted by Gasteiger charge is 2.16. The lowest BCUT2D eigenvalue weighted by atomic mass is 10.1. The molecular formula is C25H23N3O4. The van der Waals surface area contributed by atoms with E-state index in [9.17, 15) is 4.79 Å². The van der Waals surface area contributed by atoms with Crippen molar-refractivity contribution in [3.8, 4) is 34.3 Å². The summed E-state index contributed by atoms with van der Waals surface area (Å²) < 4.78 is 16.6. The van der Waals surface area contributed by atoms with Gasteiger partial charge in [-0.15, -0.1) is 0 Å². The first-order valence-corrected chi connectivity index (χ1v) is 10.3. The number of ether oxygens (including phenoxy) is 2. The molecule has 0 fully saturated rings. The van der Waals surface area contributed by atoms with Gasteiger partial charge >= 0.3 is 0 Å². The van der Waals surface area contributed by atoms with Crippen molar-refractivity contribution in [3.63, 3.8) is 0 Å². The third-order valence-corrected chi connectivity index (χ3v) is 4.66. The Bertz CT molecular complexity index is 1180. The van der Waals surface area contributed by atoms with Gasteiger partial charge in [-0.05, 0) is 50.2 Å². The van der Waals surface area contributed by atoms with Crippen molar-refractivity contribution in [2.75, 3.05) is 18.5 Å². The van der Waals surface area contributed by atoms with E-state index in [2.05, 4.69) is 15.5 Å². The molecule has 0 saturated carbocycles. The zero-order chi connectivity index (χ0) is 22.3. The summed E-state index contributed by atoms with van der Waals surface area (Å²) in [5.74, 6) is 1.76. The first-order valence-electron chi connectivity index (χ1n) is 10.3. The van der Waals surface area contributed by atoms with E-state index in [-0.39, 0.29) is 12.5 Å². The minimum absolute atomic E-state index is 0.164. The summed E-state index contributed by atoms with van der Waals surface area (Å²) in [5.41, 5.74) is 3.29. The Kier molecular flexibility index (Phi) is 6.46. The predicted octanol–water partition coefficient (Wildman–Crippen LogP) is 5.13. The number of amides is 1. The van der Waals surface area contributed by atoms with Crippen LogP contribution in [0.1, 0.15) is 12.5 Å². The van der Waals surface area contributed by atoms with Gasteiger partial charge in [-0.25, -0.2) is 0 Å². The minimum Gasteiger partial charge on any atom is -0.494 e. The molecule has 1 amide bonds. The van der Waals surface area contributed by atoms with Gasteiger partial charge in [-0.3, -0.25) is 4.79 Å². The van der Waals surface area contributed by atoms with Gasteiger partial charge in [0.15, 0.2) is 6.61 Å². The van der Waals surface area contributed by atoms with Gasteiger partial charge in [0.25, 0.3) is 11.8 Å². The van der Waals surface area contributed by atoms with E-state index >= 15 is 0 Å². The molecule has 1 heterocycles. The maximum Gasteiger partial charge on any atom is 0.262 e. The summed E-state index contributed by atoms with van der Waals surface area (Å²) >= 11 is 0. The van der Waals surface area contributed by atoms with E-state index in [1.807, 2.05) is 56.3 Å². The smallest absolute Gasteiger partial charge is 0.262 e. The molecule has 0 aliphatic rings. The summed E-state index contributed by atoms with van der Waals surface area (Å²) in [6.07, 6.45) is 0. The second-order valence-corrected chi connectivity index (χ2v) is 7.08. The SMILES string of the molecule is CCOc1ccc(NC(=O)COc2ccccc2-c2nc(-c3ccc(C)cc3)no2)cc1. The summed E-state index contributed by atoms with van der Waals surface area (Å²) in [4.78, 5) is 16.8. The molecule has 0 aliphatic carbocycles. The normalized spacial score (nSPS) is 10.6. The zero-order valence-corrected chi connectivity index (χ0v) is 17.9. The van der Waals surface area contributed by atoms with Crippen molar-refractivity contribution in [2.45, 2.75) is 13.8 Å². The van der Waals surface area contributed by atoms with E-state index in [4.69, 9.17) is 14.0 Å². The van der Waals surface area contributed by atoms with Crippen LogP contribution in [0, 0.1) is 6.92 Å². The van der Waals surface area contributed by atoms with Gasteiger partial charge in [-0.2, -0.15) is 4.98 Å². The lowest BCUT2D eigenvalue weighted by Crippen LogP contribution is -2.20. The van der Waals surface area contributed by atoms with Crippen molar-refractivity contribution >= 4 is 11.6 Å². The van der Waals surface area contributed by atoms with Gasteiger partial charge in [0.05, 0.1) is 12.2 Å². The largest absolute Gasteiger partial charge is 0.494 e. The van der Waals surface area contributed by atoms with Crippen LogP contribution in [0.3, 0.4) is 0 Å². The van der Waals surface area contributed by atoms with E-state index in [1.54, 1.807) is 30.3 Å². The Morgan fingerprint density at radius 1 is 0.969 bits per heavy atom. The molecule has 0 atom stereocenters. The highest BCUT2D eigenvalue weighted by atomic mass is 16.5. The van der Waals surface area contributed by atoms with Gasteiger partial charge in [-0.1, -0.05) is 47.1 Å². The summed E-state index contributed by atoms with van der Waals surface area (Å²) in [7, 11) is 0. The zero-order valence-electron chi connectivity index (χ0n) is 17.9. The second kappa shape index (κ2) is 9.78. The fourth-order valence-corrected chi connectivity index (χ4v) is 3.06. The molecule has 7 heteroatoms. The average molecular weight is 429 g/mol. The molecule has 0 aliphatic heterocycles. The molecule has 3 aromatic carbocycles. The maximum atomic E-state index is 12.3. The molecule has 0 radical (unpaired) electrons. The van der Waals surface area contributed by atoms with E-state index in [1.165, 1.54) is 0 Å². The van der Waals surface area contributed by atoms with Crippen LogP contribution in [0.25, 0.3) is 22.8 Å². The molecule has 0 unspecified atom stereocenters. The molecule has 32 heavy (non-hydrogen) atoms. The number of benzene rings is 3. The Hall–Kier alpha value is -4.13. The molecule has 1 N–H and O–H groups in total. The molecular weight excluding hydrogens is 406 g/mol. The van der Waals surface area contributed by atoms with Crippen LogP contribution in [-0.4, -0.2) is 29.3 Å². The second-order valence-electron chi connectivity index (χ2n) is 7.08. The fraction of sp³-hybridized carbons (Fsp3) is 0.160. The van der Waals surface area contributed by atoms with Gasteiger partial charge in [0.2, 0.25) is 5.82 Å². The van der Waals surface area contributed by atoms with Crippen LogP contribution in [0.15, 0.2) is 77.3 Å². The van der Waals surface area contributed by atoms with Crippen LogP contribution in [0.4, 0.5) is 5.69 Å². The number of carbonyl (C=O) groups is 1. The van der Waals surface area contributed by atoms with Crippen LogP contribution in [-0.2, 0) is 4.79 Å². The van der Waals surface area contributed by atoms with Crippen molar-refractivity contribution < 1.29 is 18.8 Å². The summed E-state index contributed by atoms with van der Waals surface area (Å²) in [5, 5.41) is 6.87. The molecule has 1 aromatic heterocycles. The highest BCUT2D eigenvalue weighted by Crippen LogP contribution is 2.30. The van der Waals surface area contributed by atoms with Crippen molar-refractivity contribution in [1.29, 1.82) is 0 Å². The predicted molar refractivity (Wildman–Crippen MR) is 122 cm³/mol. The number of hydrogen-bond acceptors (Lipinski definition) is 6. The third-order valence-electron chi connectivity index (χ3n) is 4.66. The Morgan fingerprint density at radius 3 is 2.47 bits per heavy atom. The molecule has 7 nitrogen and oxygen atoms in total. The van der Waals surface area contributed by atoms with E-state index in [0.29, 0.717) is 35.3 Å². The number of carbonyl (C=O) groups excluding carboxylic acids is 1. The lowest BCUT2D eigenvalue weighted by molar-refractivity contribution is -0.118. The Balaban J connectivity index is 1.42. The van der Waals surface area contributed by atoms with Crippen LogP contribution in [0.2, 0.25) is 0 Å². The number of anilines is 1. The standard InChI is InChI=1S/C25H23N3O4/c1-3-30-20-14-12-19(13-15-20)26-23(29)16-31-22-7-5-4-6-21(22)25-27-24(28-32-25)18-10-8-17(2)9-11-18/h4-15H,3,16H2,1-2H3,(H,26,29). The quantitative estimate of drug-likeness (QED) is 0.418. The van der Waals surface area contributed by atoms with E-state index in [0.717, 1.165) is 16.9 Å². The highest BCUT2D eigenvalue weighted by molar-refractivity contribution is 5.92. The molecule has 4 aromatic rings. The molecule has 4 rings (SSSR count). The van der Waals surface area contributed by atoms with Crippen LogP contribution < -0.4 is 14.8 Å². The topological polar surface area (TPSA) is 86.5 Å². The van der Waals surface area contributed by atoms with Crippen LogP contribution >= 0.6 is 0 Å². The number of nitrogens with one attached hydrogen (secondary N) is 1. The van der Waals surface area contributed by atoms with Crippen molar-refractivity contribution in [3.05, 3.63) is 78.4 Å². The number of rotatable bonds is 8. The van der Waals surface area contributed by atoms with Crippen molar-refractivity contribution in [2.24, 2.45) is 0 Å². The molecule has 0 bridgehead atoms. The van der Waals surface area contributed by atoms with Crippen LogP contribution in [0.5, 0.6) is 11.5 Å². The first-order chi connectivity index (χ1) is 15.6.